The summed E-state index contributed by atoms with van der Waals surface area (Å²) in [6.07, 6.45) is 3.79. The summed E-state index contributed by atoms with van der Waals surface area (Å²) in [5.74, 6) is -0.488. The summed E-state index contributed by atoms with van der Waals surface area (Å²) < 4.78 is 0. The molecule has 8 nitrogen and oxygen atoms in total. The molecule has 1 aromatic heterocycles. The van der Waals surface area contributed by atoms with E-state index in [1.165, 1.54) is 6.20 Å². The molecule has 0 radical (unpaired) electrons. The van der Waals surface area contributed by atoms with Crippen molar-refractivity contribution in [3.8, 4) is 5.75 Å². The van der Waals surface area contributed by atoms with Crippen LogP contribution in [0, 0.1) is 0 Å². The lowest BCUT2D eigenvalue weighted by atomic mass is 10.0. The number of aromatic hydroxyl groups is 1. The molecule has 0 aliphatic carbocycles. The standard InChI is InChI=1S/C20H20N4O4/c25-15-5-3-12(4-6-15)8-16-20(28)24-11-14(9-17(24)19(27)23-16)22-18(26)13-2-1-7-21-10-13/h1-7,10,14,16-17,25H,8-9,11H2,(H,22,26)(H,23,27)/t14-,16-,17-/m0/s1. The molecule has 144 valence electrons. The van der Waals surface area contributed by atoms with Gasteiger partial charge in [-0.25, -0.2) is 0 Å². The van der Waals surface area contributed by atoms with E-state index in [1.54, 1.807) is 47.5 Å². The van der Waals surface area contributed by atoms with E-state index in [-0.39, 0.29) is 29.5 Å². The van der Waals surface area contributed by atoms with Crippen LogP contribution in [0.2, 0.25) is 0 Å². The van der Waals surface area contributed by atoms with E-state index < -0.39 is 12.1 Å². The van der Waals surface area contributed by atoms with Crippen LogP contribution in [0.4, 0.5) is 0 Å². The number of nitrogens with zero attached hydrogens (tertiary/aromatic N) is 2. The minimum Gasteiger partial charge on any atom is -0.508 e. The molecule has 2 aliphatic rings. The predicted molar refractivity (Wildman–Crippen MR) is 99.4 cm³/mol. The van der Waals surface area contributed by atoms with Crippen molar-refractivity contribution in [3.05, 3.63) is 59.9 Å². The number of nitrogens with one attached hydrogen (secondary N) is 2. The SMILES string of the molecule is O=C(N[C@H]1C[C@H]2C(=O)N[C@@H](Cc3ccc(O)cc3)C(=O)N2C1)c1cccnc1. The Morgan fingerprint density at radius 3 is 2.75 bits per heavy atom. The predicted octanol–water partition coefficient (Wildman–Crippen LogP) is 0.228. The number of hydrogen-bond acceptors (Lipinski definition) is 5. The van der Waals surface area contributed by atoms with E-state index in [4.69, 9.17) is 0 Å². The topological polar surface area (TPSA) is 112 Å². The molecule has 0 bridgehead atoms. The molecule has 0 saturated carbocycles. The number of phenols is 1. The third-order valence-electron chi connectivity index (χ3n) is 5.14. The van der Waals surface area contributed by atoms with Crippen LogP contribution >= 0.6 is 0 Å². The van der Waals surface area contributed by atoms with Gasteiger partial charge in [-0.1, -0.05) is 12.1 Å². The summed E-state index contributed by atoms with van der Waals surface area (Å²) in [7, 11) is 0. The van der Waals surface area contributed by atoms with Crippen molar-refractivity contribution >= 4 is 17.7 Å². The van der Waals surface area contributed by atoms with Crippen molar-refractivity contribution < 1.29 is 19.5 Å². The summed E-state index contributed by atoms with van der Waals surface area (Å²) in [6, 6.07) is 8.38. The Morgan fingerprint density at radius 1 is 1.25 bits per heavy atom. The van der Waals surface area contributed by atoms with Crippen molar-refractivity contribution in [1.29, 1.82) is 0 Å². The smallest absolute Gasteiger partial charge is 0.253 e. The van der Waals surface area contributed by atoms with Crippen LogP contribution in [0.15, 0.2) is 48.8 Å². The molecule has 1 aromatic carbocycles. The van der Waals surface area contributed by atoms with E-state index in [0.717, 1.165) is 5.56 Å². The van der Waals surface area contributed by atoms with Crippen LogP contribution < -0.4 is 10.6 Å². The summed E-state index contributed by atoms with van der Waals surface area (Å²) in [5.41, 5.74) is 1.28. The summed E-state index contributed by atoms with van der Waals surface area (Å²) in [5, 5.41) is 15.1. The highest BCUT2D eigenvalue weighted by Gasteiger charge is 2.46. The summed E-state index contributed by atoms with van der Waals surface area (Å²) in [6.45, 7) is 0.301. The summed E-state index contributed by atoms with van der Waals surface area (Å²) in [4.78, 5) is 43.2. The number of carbonyl (C=O) groups is 3. The molecule has 3 heterocycles. The lowest BCUT2D eigenvalue weighted by molar-refractivity contribution is -0.147. The highest BCUT2D eigenvalue weighted by atomic mass is 16.3. The largest absolute Gasteiger partial charge is 0.508 e. The second-order valence-electron chi connectivity index (χ2n) is 7.09. The fourth-order valence-electron chi connectivity index (χ4n) is 3.73. The second-order valence-corrected chi connectivity index (χ2v) is 7.09. The zero-order chi connectivity index (χ0) is 19.7. The number of fused-ring (bicyclic) bond motifs is 1. The normalized spacial score (nSPS) is 23.9. The van der Waals surface area contributed by atoms with Gasteiger partial charge in [-0.3, -0.25) is 19.4 Å². The van der Waals surface area contributed by atoms with Crippen LogP contribution in [0.3, 0.4) is 0 Å². The Hall–Kier alpha value is -3.42. The van der Waals surface area contributed by atoms with Gasteiger partial charge >= 0.3 is 0 Å². The van der Waals surface area contributed by atoms with Gasteiger partial charge in [0.25, 0.3) is 5.91 Å². The molecule has 0 unspecified atom stereocenters. The second kappa shape index (κ2) is 7.30. The van der Waals surface area contributed by atoms with E-state index >= 15 is 0 Å². The number of benzene rings is 1. The Labute approximate surface area is 161 Å². The molecule has 3 N–H and O–H groups in total. The Morgan fingerprint density at radius 2 is 2.04 bits per heavy atom. The number of amides is 3. The van der Waals surface area contributed by atoms with Crippen molar-refractivity contribution in [2.45, 2.75) is 31.0 Å². The number of pyridine rings is 1. The van der Waals surface area contributed by atoms with E-state index in [1.807, 2.05) is 0 Å². The van der Waals surface area contributed by atoms with Gasteiger partial charge in [0.05, 0.1) is 5.56 Å². The first-order valence-electron chi connectivity index (χ1n) is 9.11. The highest BCUT2D eigenvalue weighted by molar-refractivity contribution is 5.98. The third kappa shape index (κ3) is 3.53. The molecule has 3 amide bonds. The van der Waals surface area contributed by atoms with E-state index in [0.29, 0.717) is 24.9 Å². The summed E-state index contributed by atoms with van der Waals surface area (Å²) >= 11 is 0. The minimum absolute atomic E-state index is 0.148. The van der Waals surface area contributed by atoms with Gasteiger partial charge in [0.1, 0.15) is 17.8 Å². The quantitative estimate of drug-likeness (QED) is 0.703. The van der Waals surface area contributed by atoms with Gasteiger partial charge < -0.3 is 20.6 Å². The molecular weight excluding hydrogens is 360 g/mol. The molecule has 28 heavy (non-hydrogen) atoms. The lowest BCUT2D eigenvalue weighted by Gasteiger charge is -2.34. The Kier molecular flexibility index (Phi) is 4.68. The zero-order valence-corrected chi connectivity index (χ0v) is 15.0. The fraction of sp³-hybridized carbons (Fsp3) is 0.300. The third-order valence-corrected chi connectivity index (χ3v) is 5.14. The van der Waals surface area contributed by atoms with E-state index in [2.05, 4.69) is 15.6 Å². The average molecular weight is 380 g/mol. The van der Waals surface area contributed by atoms with Gasteiger partial charge in [0.15, 0.2) is 0 Å². The molecule has 2 aromatic rings. The van der Waals surface area contributed by atoms with Crippen LogP contribution in [-0.4, -0.2) is 57.4 Å². The van der Waals surface area contributed by atoms with Gasteiger partial charge in [-0.15, -0.1) is 0 Å². The Balaban J connectivity index is 1.42. The first kappa shape index (κ1) is 18.0. The van der Waals surface area contributed by atoms with Crippen LogP contribution in [0.1, 0.15) is 22.3 Å². The molecule has 2 fully saturated rings. The number of rotatable bonds is 4. The average Bonchev–Trinajstić information content (AvgIpc) is 3.13. The number of piperazine rings is 1. The number of hydrogen-bond donors (Lipinski definition) is 3. The van der Waals surface area contributed by atoms with Gasteiger partial charge in [-0.05, 0) is 36.2 Å². The maximum atomic E-state index is 12.9. The number of phenolic OH excluding ortho intramolecular Hbond substituents is 1. The van der Waals surface area contributed by atoms with Crippen molar-refractivity contribution in [2.24, 2.45) is 0 Å². The first-order chi connectivity index (χ1) is 13.5. The van der Waals surface area contributed by atoms with Crippen molar-refractivity contribution in [1.82, 2.24) is 20.5 Å². The Bertz CT molecular complexity index is 900. The highest BCUT2D eigenvalue weighted by Crippen LogP contribution is 2.24. The first-order valence-corrected chi connectivity index (χ1v) is 9.11. The molecule has 2 aliphatic heterocycles. The number of aromatic nitrogens is 1. The fourth-order valence-corrected chi connectivity index (χ4v) is 3.73. The van der Waals surface area contributed by atoms with Gasteiger partial charge in [0, 0.05) is 31.4 Å². The molecule has 8 heteroatoms. The van der Waals surface area contributed by atoms with E-state index in [9.17, 15) is 19.5 Å². The molecule has 2 saturated heterocycles. The van der Waals surface area contributed by atoms with Gasteiger partial charge in [0.2, 0.25) is 11.8 Å². The number of carbonyl (C=O) groups excluding carboxylic acids is 3. The zero-order valence-electron chi connectivity index (χ0n) is 15.0. The lowest BCUT2D eigenvalue weighted by Crippen LogP contribution is -2.61. The molecule has 0 spiro atoms. The van der Waals surface area contributed by atoms with Gasteiger partial charge in [-0.2, -0.15) is 0 Å². The maximum Gasteiger partial charge on any atom is 0.253 e. The molecular formula is C20H20N4O4. The monoisotopic (exact) mass is 380 g/mol. The van der Waals surface area contributed by atoms with Crippen LogP contribution in [0.5, 0.6) is 5.75 Å². The van der Waals surface area contributed by atoms with Crippen molar-refractivity contribution in [2.75, 3.05) is 6.54 Å². The maximum absolute atomic E-state index is 12.9. The minimum atomic E-state index is -0.652. The van der Waals surface area contributed by atoms with Crippen LogP contribution in [0.25, 0.3) is 0 Å². The van der Waals surface area contributed by atoms with Crippen molar-refractivity contribution in [3.63, 3.8) is 0 Å². The molecule has 4 rings (SSSR count). The molecule has 3 atom stereocenters. The van der Waals surface area contributed by atoms with Crippen LogP contribution in [-0.2, 0) is 16.0 Å².